The van der Waals surface area contributed by atoms with Crippen molar-refractivity contribution in [1.29, 1.82) is 0 Å². The average molecular weight is 185 g/mol. The van der Waals surface area contributed by atoms with E-state index < -0.39 is 0 Å². The second-order valence-corrected chi connectivity index (χ2v) is 3.68. The summed E-state index contributed by atoms with van der Waals surface area (Å²) in [6.45, 7) is 2.32. The number of hydrogen-bond donors (Lipinski definition) is 1. The van der Waals surface area contributed by atoms with E-state index in [0.29, 0.717) is 18.6 Å². The number of rotatable bonds is 1. The lowest BCUT2D eigenvalue weighted by Crippen LogP contribution is -2.47. The van der Waals surface area contributed by atoms with E-state index >= 15 is 0 Å². The normalized spacial score (nSPS) is 38.4. The minimum Gasteiger partial charge on any atom is -0.469 e. The molecule has 0 spiro atoms. The van der Waals surface area contributed by atoms with Crippen LogP contribution >= 0.6 is 0 Å². The van der Waals surface area contributed by atoms with Gasteiger partial charge in [-0.3, -0.25) is 4.79 Å². The Morgan fingerprint density at radius 3 is 3.15 bits per heavy atom. The Morgan fingerprint density at radius 2 is 2.38 bits per heavy atom. The summed E-state index contributed by atoms with van der Waals surface area (Å²) in [6.07, 6.45) is 0.872. The van der Waals surface area contributed by atoms with Crippen molar-refractivity contribution in [2.45, 2.75) is 12.5 Å². The van der Waals surface area contributed by atoms with Crippen LogP contribution in [0.5, 0.6) is 0 Å². The Morgan fingerprint density at radius 1 is 1.54 bits per heavy atom. The predicted molar refractivity (Wildman–Crippen MR) is 46.2 cm³/mol. The predicted octanol–water partition coefficient (Wildman–Crippen LogP) is -0.216. The van der Waals surface area contributed by atoms with Crippen LogP contribution in [0.15, 0.2) is 0 Å². The lowest BCUT2D eigenvalue weighted by Gasteiger charge is -2.31. The zero-order valence-electron chi connectivity index (χ0n) is 7.79. The molecule has 2 rings (SSSR count). The molecule has 2 saturated heterocycles. The number of carbonyl (C=O) groups is 1. The zero-order valence-corrected chi connectivity index (χ0v) is 7.79. The van der Waals surface area contributed by atoms with E-state index in [1.165, 1.54) is 7.11 Å². The van der Waals surface area contributed by atoms with Crippen LogP contribution in [0.4, 0.5) is 0 Å². The maximum absolute atomic E-state index is 11.4. The van der Waals surface area contributed by atoms with E-state index in [9.17, 15) is 4.79 Å². The van der Waals surface area contributed by atoms with Crippen LogP contribution in [-0.4, -0.2) is 38.9 Å². The lowest BCUT2D eigenvalue weighted by atomic mass is 9.83. The van der Waals surface area contributed by atoms with Crippen molar-refractivity contribution in [3.63, 3.8) is 0 Å². The van der Waals surface area contributed by atoms with E-state index in [4.69, 9.17) is 9.47 Å². The first-order valence-electron chi connectivity index (χ1n) is 4.72. The number of hydrogen-bond acceptors (Lipinski definition) is 4. The van der Waals surface area contributed by atoms with Crippen LogP contribution in [0.3, 0.4) is 0 Å². The van der Waals surface area contributed by atoms with Crippen molar-refractivity contribution in [2.75, 3.05) is 26.9 Å². The Balaban J connectivity index is 2.05. The summed E-state index contributed by atoms with van der Waals surface area (Å²) < 4.78 is 10.1. The highest BCUT2D eigenvalue weighted by Crippen LogP contribution is 2.29. The lowest BCUT2D eigenvalue weighted by molar-refractivity contribution is -0.148. The van der Waals surface area contributed by atoms with E-state index in [-0.39, 0.29) is 11.9 Å². The molecule has 74 valence electrons. The van der Waals surface area contributed by atoms with Gasteiger partial charge in [-0.1, -0.05) is 0 Å². The van der Waals surface area contributed by atoms with E-state index in [1.54, 1.807) is 0 Å². The van der Waals surface area contributed by atoms with Crippen molar-refractivity contribution in [3.8, 4) is 0 Å². The molecular weight excluding hydrogens is 170 g/mol. The second kappa shape index (κ2) is 3.64. The highest BCUT2D eigenvalue weighted by atomic mass is 16.5. The van der Waals surface area contributed by atoms with Gasteiger partial charge in [0.1, 0.15) is 0 Å². The quantitative estimate of drug-likeness (QED) is 0.574. The molecule has 0 aromatic rings. The Labute approximate surface area is 77.6 Å². The smallest absolute Gasteiger partial charge is 0.309 e. The fourth-order valence-corrected chi connectivity index (χ4v) is 2.26. The van der Waals surface area contributed by atoms with Gasteiger partial charge in [0.2, 0.25) is 0 Å². The third-order valence-corrected chi connectivity index (χ3v) is 3.01. The van der Waals surface area contributed by atoms with Crippen LogP contribution in [0, 0.1) is 11.8 Å². The summed E-state index contributed by atoms with van der Waals surface area (Å²) in [5.41, 5.74) is 0. The highest BCUT2D eigenvalue weighted by molar-refractivity contribution is 5.73. The number of ether oxygens (including phenoxy) is 2. The molecule has 0 aliphatic carbocycles. The minimum atomic E-state index is -0.0815. The van der Waals surface area contributed by atoms with Gasteiger partial charge in [-0.15, -0.1) is 0 Å². The molecule has 2 aliphatic heterocycles. The minimum absolute atomic E-state index is 0.0405. The molecule has 2 heterocycles. The van der Waals surface area contributed by atoms with E-state index in [2.05, 4.69) is 5.32 Å². The van der Waals surface area contributed by atoms with Gasteiger partial charge in [-0.25, -0.2) is 0 Å². The van der Waals surface area contributed by atoms with Crippen molar-refractivity contribution in [1.82, 2.24) is 5.32 Å². The maximum Gasteiger partial charge on any atom is 0.309 e. The molecule has 2 aliphatic rings. The van der Waals surface area contributed by atoms with Crippen molar-refractivity contribution < 1.29 is 14.3 Å². The Hall–Kier alpha value is -0.610. The Kier molecular flexibility index (Phi) is 2.51. The van der Waals surface area contributed by atoms with Gasteiger partial charge in [0, 0.05) is 12.0 Å². The van der Waals surface area contributed by atoms with Crippen LogP contribution in [0.1, 0.15) is 6.42 Å². The average Bonchev–Trinajstić information content (AvgIpc) is 2.63. The van der Waals surface area contributed by atoms with Crippen molar-refractivity contribution in [2.24, 2.45) is 11.8 Å². The van der Waals surface area contributed by atoms with E-state index in [1.807, 2.05) is 0 Å². The van der Waals surface area contributed by atoms with Gasteiger partial charge in [0.25, 0.3) is 0 Å². The summed E-state index contributed by atoms with van der Waals surface area (Å²) in [4.78, 5) is 11.4. The molecule has 0 radical (unpaired) electrons. The molecule has 0 aromatic carbocycles. The van der Waals surface area contributed by atoms with Crippen LogP contribution < -0.4 is 5.32 Å². The molecule has 4 heteroatoms. The number of carbonyl (C=O) groups excluding carboxylic acids is 1. The third kappa shape index (κ3) is 1.56. The monoisotopic (exact) mass is 185 g/mol. The first-order valence-corrected chi connectivity index (χ1v) is 4.72. The molecule has 4 nitrogen and oxygen atoms in total. The van der Waals surface area contributed by atoms with Gasteiger partial charge < -0.3 is 14.8 Å². The molecule has 13 heavy (non-hydrogen) atoms. The van der Waals surface area contributed by atoms with Crippen LogP contribution in [0.2, 0.25) is 0 Å². The molecular formula is C9H15NO3. The number of methoxy groups -OCH3 is 1. The van der Waals surface area contributed by atoms with Gasteiger partial charge in [-0.2, -0.15) is 0 Å². The first kappa shape index (κ1) is 8.97. The summed E-state index contributed by atoms with van der Waals surface area (Å²) in [5.74, 6) is 0.280. The van der Waals surface area contributed by atoms with E-state index in [0.717, 1.165) is 19.6 Å². The first-order chi connectivity index (χ1) is 6.33. The fourth-order valence-electron chi connectivity index (χ4n) is 2.26. The number of fused-ring (bicyclic) bond motifs is 1. The standard InChI is InChI=1S/C9H15NO3/c1-12-9(11)6-2-3-10-8-5-13-4-7(6)8/h6-8,10H,2-5H2,1H3/t6?,7-,8+/m1/s1. The number of piperidine rings is 1. The molecule has 0 amide bonds. The Bertz CT molecular complexity index is 207. The summed E-state index contributed by atoms with van der Waals surface area (Å²) in [7, 11) is 1.45. The third-order valence-electron chi connectivity index (χ3n) is 3.01. The van der Waals surface area contributed by atoms with Crippen LogP contribution in [-0.2, 0) is 14.3 Å². The van der Waals surface area contributed by atoms with Gasteiger partial charge >= 0.3 is 5.97 Å². The zero-order chi connectivity index (χ0) is 9.26. The molecule has 0 saturated carbocycles. The van der Waals surface area contributed by atoms with Crippen molar-refractivity contribution in [3.05, 3.63) is 0 Å². The van der Waals surface area contributed by atoms with Crippen molar-refractivity contribution >= 4 is 5.97 Å². The molecule has 3 atom stereocenters. The highest BCUT2D eigenvalue weighted by Gasteiger charge is 2.41. The number of nitrogens with one attached hydrogen (secondary N) is 1. The van der Waals surface area contributed by atoms with Crippen LogP contribution in [0.25, 0.3) is 0 Å². The molecule has 1 unspecified atom stereocenters. The topological polar surface area (TPSA) is 47.6 Å². The van der Waals surface area contributed by atoms with Gasteiger partial charge in [0.05, 0.1) is 26.2 Å². The second-order valence-electron chi connectivity index (χ2n) is 3.68. The molecule has 2 fully saturated rings. The fraction of sp³-hybridized carbons (Fsp3) is 0.889. The maximum atomic E-state index is 11.4. The molecule has 0 aromatic heterocycles. The molecule has 0 bridgehead atoms. The SMILES string of the molecule is COC(=O)C1CCN[C@H]2COC[C@H]12. The van der Waals surface area contributed by atoms with Gasteiger partial charge in [-0.05, 0) is 13.0 Å². The van der Waals surface area contributed by atoms with Gasteiger partial charge in [0.15, 0.2) is 0 Å². The summed E-state index contributed by atoms with van der Waals surface area (Å²) in [5, 5.41) is 3.36. The largest absolute Gasteiger partial charge is 0.469 e. The summed E-state index contributed by atoms with van der Waals surface area (Å²) in [6, 6.07) is 0.359. The number of esters is 1. The molecule has 1 N–H and O–H groups in total. The summed E-state index contributed by atoms with van der Waals surface area (Å²) >= 11 is 0.